The molecule has 0 unspecified atom stereocenters. The largest absolute Gasteiger partial charge is 0.349 e. The van der Waals surface area contributed by atoms with Gasteiger partial charge < -0.3 is 10.6 Å². The Hall–Kier alpha value is -0.760. The van der Waals surface area contributed by atoms with Gasteiger partial charge in [0.05, 0.1) is 5.56 Å². The van der Waals surface area contributed by atoms with E-state index in [2.05, 4.69) is 10.6 Å². The lowest BCUT2D eigenvalue weighted by molar-refractivity contribution is 0.0925. The summed E-state index contributed by atoms with van der Waals surface area (Å²) < 4.78 is 26.9. The van der Waals surface area contributed by atoms with E-state index in [9.17, 15) is 13.6 Å². The summed E-state index contributed by atoms with van der Waals surface area (Å²) >= 11 is 1.74. The minimum atomic E-state index is -0.820. The predicted octanol–water partition coefficient (Wildman–Crippen LogP) is 2.05. The average Bonchev–Trinajstić information content (AvgIpc) is 2.35. The molecule has 0 spiro atoms. The van der Waals surface area contributed by atoms with Crippen LogP contribution in [0.15, 0.2) is 12.1 Å². The van der Waals surface area contributed by atoms with Gasteiger partial charge in [-0.25, -0.2) is 8.78 Å². The molecule has 1 aliphatic heterocycles. The number of piperidine rings is 1. The number of rotatable bonds is 2. The molecule has 1 amide bonds. The van der Waals surface area contributed by atoms with E-state index < -0.39 is 17.5 Å². The van der Waals surface area contributed by atoms with Gasteiger partial charge in [0.2, 0.25) is 0 Å². The maximum atomic E-state index is 13.5. The number of carbonyl (C=O) groups excluding carboxylic acids is 1. The van der Waals surface area contributed by atoms with Crippen molar-refractivity contribution in [2.45, 2.75) is 18.9 Å². The first kappa shape index (κ1) is 13.7. The molecule has 18 heavy (non-hydrogen) atoms. The van der Waals surface area contributed by atoms with Crippen molar-refractivity contribution in [1.29, 1.82) is 0 Å². The van der Waals surface area contributed by atoms with Gasteiger partial charge in [-0.3, -0.25) is 4.79 Å². The van der Waals surface area contributed by atoms with Crippen molar-refractivity contribution in [2.24, 2.45) is 0 Å². The summed E-state index contributed by atoms with van der Waals surface area (Å²) in [6.45, 7) is 1.68. The van der Waals surface area contributed by atoms with Crippen LogP contribution in [0.25, 0.3) is 0 Å². The Bertz CT molecular complexity index is 462. The summed E-state index contributed by atoms with van der Waals surface area (Å²) in [6, 6.07) is 2.04. The van der Waals surface area contributed by atoms with Crippen molar-refractivity contribution >= 4 is 28.5 Å². The fourth-order valence-electron chi connectivity index (χ4n) is 1.93. The number of hydrogen-bond acceptors (Lipinski definition) is 2. The Morgan fingerprint density at radius 3 is 2.61 bits per heavy atom. The van der Waals surface area contributed by atoms with Gasteiger partial charge in [0.25, 0.3) is 5.91 Å². The van der Waals surface area contributed by atoms with Gasteiger partial charge in [-0.2, -0.15) is 0 Å². The van der Waals surface area contributed by atoms with E-state index in [1.807, 2.05) is 0 Å². The molecule has 0 saturated carbocycles. The Balaban J connectivity index is 2.10. The molecule has 2 N–H and O–H groups in total. The van der Waals surface area contributed by atoms with Crippen LogP contribution in [0.3, 0.4) is 0 Å². The predicted molar refractivity (Wildman–Crippen MR) is 72.4 cm³/mol. The molecule has 1 aromatic rings. The van der Waals surface area contributed by atoms with Gasteiger partial charge in [-0.05, 0) is 54.6 Å². The minimum Gasteiger partial charge on any atom is -0.349 e. The Labute approximate surface area is 117 Å². The molecule has 98 valence electrons. The standard InChI is InChI=1S/C12H13F2IN2O/c13-9-6-10(14)11(15)5-8(9)12(18)17-7-1-3-16-4-2-7/h5-7,16H,1-4H2,(H,17,18). The van der Waals surface area contributed by atoms with Crippen LogP contribution in [0.2, 0.25) is 0 Å². The fourth-order valence-corrected chi connectivity index (χ4v) is 2.39. The third kappa shape index (κ3) is 3.17. The highest BCUT2D eigenvalue weighted by Crippen LogP contribution is 2.17. The molecule has 1 saturated heterocycles. The third-order valence-electron chi connectivity index (χ3n) is 2.93. The van der Waals surface area contributed by atoms with E-state index in [0.717, 1.165) is 32.0 Å². The third-order valence-corrected chi connectivity index (χ3v) is 3.76. The van der Waals surface area contributed by atoms with E-state index in [1.165, 1.54) is 6.07 Å². The Kier molecular flexibility index (Phi) is 4.50. The summed E-state index contributed by atoms with van der Waals surface area (Å²) in [4.78, 5) is 11.9. The number of halogens is 3. The SMILES string of the molecule is O=C(NC1CCNCC1)c1cc(I)c(F)cc1F. The van der Waals surface area contributed by atoms with Crippen molar-refractivity contribution in [3.8, 4) is 0 Å². The summed E-state index contributed by atoms with van der Waals surface area (Å²) in [5, 5.41) is 5.96. The summed E-state index contributed by atoms with van der Waals surface area (Å²) in [5.41, 5.74) is -0.0978. The van der Waals surface area contributed by atoms with E-state index in [-0.39, 0.29) is 15.2 Å². The van der Waals surface area contributed by atoms with Crippen molar-refractivity contribution in [1.82, 2.24) is 10.6 Å². The summed E-state index contributed by atoms with van der Waals surface area (Å²) in [5.74, 6) is -1.94. The lowest BCUT2D eigenvalue weighted by atomic mass is 10.1. The molecule has 0 bridgehead atoms. The van der Waals surface area contributed by atoms with Gasteiger partial charge >= 0.3 is 0 Å². The molecular weight excluding hydrogens is 353 g/mol. The number of hydrogen-bond donors (Lipinski definition) is 2. The Morgan fingerprint density at radius 2 is 1.94 bits per heavy atom. The molecule has 0 atom stereocenters. The molecule has 2 rings (SSSR count). The summed E-state index contributed by atoms with van der Waals surface area (Å²) in [7, 11) is 0. The molecule has 1 aromatic carbocycles. The van der Waals surface area contributed by atoms with Gasteiger partial charge in [0.1, 0.15) is 11.6 Å². The first-order valence-corrected chi connectivity index (χ1v) is 6.82. The van der Waals surface area contributed by atoms with Crippen LogP contribution in [0.5, 0.6) is 0 Å². The van der Waals surface area contributed by atoms with E-state index in [0.29, 0.717) is 0 Å². The summed E-state index contributed by atoms with van der Waals surface area (Å²) in [6.07, 6.45) is 1.65. The maximum absolute atomic E-state index is 13.5. The highest BCUT2D eigenvalue weighted by Gasteiger charge is 2.19. The lowest BCUT2D eigenvalue weighted by Crippen LogP contribution is -2.43. The van der Waals surface area contributed by atoms with E-state index in [1.54, 1.807) is 22.6 Å². The second-order valence-corrected chi connectivity index (χ2v) is 5.41. The van der Waals surface area contributed by atoms with Crippen LogP contribution in [-0.4, -0.2) is 25.0 Å². The number of nitrogens with one attached hydrogen (secondary N) is 2. The van der Waals surface area contributed by atoms with Gasteiger partial charge in [-0.1, -0.05) is 0 Å². The van der Waals surface area contributed by atoms with E-state index in [4.69, 9.17) is 0 Å². The van der Waals surface area contributed by atoms with Gasteiger partial charge in [0, 0.05) is 15.7 Å². The van der Waals surface area contributed by atoms with Gasteiger partial charge in [0.15, 0.2) is 0 Å². The fraction of sp³-hybridized carbons (Fsp3) is 0.417. The minimum absolute atomic E-state index is 0.0564. The average molecular weight is 366 g/mol. The van der Waals surface area contributed by atoms with Crippen LogP contribution in [-0.2, 0) is 0 Å². The van der Waals surface area contributed by atoms with E-state index >= 15 is 0 Å². The highest BCUT2D eigenvalue weighted by atomic mass is 127. The van der Waals surface area contributed by atoms with Crippen molar-refractivity contribution in [3.63, 3.8) is 0 Å². The molecule has 6 heteroatoms. The topological polar surface area (TPSA) is 41.1 Å². The van der Waals surface area contributed by atoms with Crippen LogP contribution < -0.4 is 10.6 Å². The highest BCUT2D eigenvalue weighted by molar-refractivity contribution is 14.1. The first-order chi connectivity index (χ1) is 8.58. The normalized spacial score (nSPS) is 16.6. The molecule has 0 aromatic heterocycles. The molecule has 1 fully saturated rings. The van der Waals surface area contributed by atoms with Crippen LogP contribution in [0, 0.1) is 15.2 Å². The molecule has 0 aliphatic carbocycles. The van der Waals surface area contributed by atoms with Gasteiger partial charge in [-0.15, -0.1) is 0 Å². The van der Waals surface area contributed by atoms with Crippen molar-refractivity contribution < 1.29 is 13.6 Å². The smallest absolute Gasteiger partial charge is 0.254 e. The molecule has 1 aliphatic rings. The zero-order chi connectivity index (χ0) is 13.1. The van der Waals surface area contributed by atoms with Crippen LogP contribution in [0.4, 0.5) is 8.78 Å². The second-order valence-electron chi connectivity index (χ2n) is 4.24. The van der Waals surface area contributed by atoms with Crippen LogP contribution >= 0.6 is 22.6 Å². The molecule has 3 nitrogen and oxygen atoms in total. The quantitative estimate of drug-likeness (QED) is 0.622. The van der Waals surface area contributed by atoms with Crippen molar-refractivity contribution in [2.75, 3.05) is 13.1 Å². The maximum Gasteiger partial charge on any atom is 0.254 e. The lowest BCUT2D eigenvalue weighted by Gasteiger charge is -2.23. The van der Waals surface area contributed by atoms with Crippen LogP contribution in [0.1, 0.15) is 23.2 Å². The molecule has 0 radical (unpaired) electrons. The molecule has 1 heterocycles. The first-order valence-electron chi connectivity index (χ1n) is 5.74. The van der Waals surface area contributed by atoms with Crippen molar-refractivity contribution in [3.05, 3.63) is 32.9 Å². The second kappa shape index (κ2) is 5.92. The monoisotopic (exact) mass is 366 g/mol. The zero-order valence-electron chi connectivity index (χ0n) is 9.60. The number of benzene rings is 1. The number of amides is 1. The molecular formula is C12H13F2IN2O. The number of carbonyl (C=O) groups is 1. The zero-order valence-corrected chi connectivity index (χ0v) is 11.8. The Morgan fingerprint density at radius 1 is 1.28 bits per heavy atom.